The van der Waals surface area contributed by atoms with Gasteiger partial charge in [-0.25, -0.2) is 0 Å². The van der Waals surface area contributed by atoms with E-state index in [-0.39, 0.29) is 37.3 Å². The molecule has 1 aliphatic heterocycles. The van der Waals surface area contributed by atoms with Crippen molar-refractivity contribution in [2.24, 2.45) is 0 Å². The topological polar surface area (TPSA) is 115 Å². The van der Waals surface area contributed by atoms with Crippen molar-refractivity contribution in [1.29, 1.82) is 5.26 Å². The average molecular weight is 677 g/mol. The molecule has 4 aromatic carbocycles. The van der Waals surface area contributed by atoms with E-state index in [9.17, 15) is 19.6 Å². The van der Waals surface area contributed by atoms with E-state index < -0.39 is 18.0 Å². The van der Waals surface area contributed by atoms with Gasteiger partial charge in [-0.05, 0) is 73.3 Å². The molecule has 3 amide bonds. The van der Waals surface area contributed by atoms with Crippen LogP contribution in [0.2, 0.25) is 0 Å². The van der Waals surface area contributed by atoms with Crippen LogP contribution in [0, 0.1) is 11.3 Å². The van der Waals surface area contributed by atoms with Crippen LogP contribution < -0.4 is 25.2 Å². The first-order chi connectivity index (χ1) is 20.7. The summed E-state index contributed by atoms with van der Waals surface area (Å²) in [5, 5.41) is 17.1. The van der Waals surface area contributed by atoms with Gasteiger partial charge in [0.25, 0.3) is 11.8 Å². The van der Waals surface area contributed by atoms with Gasteiger partial charge < -0.3 is 25.2 Å². The molecule has 0 bridgehead atoms. The second-order valence-electron chi connectivity index (χ2n) is 10.2. The van der Waals surface area contributed by atoms with Crippen molar-refractivity contribution in [2.45, 2.75) is 25.6 Å². The zero-order valence-electron chi connectivity index (χ0n) is 24.3. The van der Waals surface area contributed by atoms with E-state index in [2.05, 4.69) is 32.6 Å². The van der Waals surface area contributed by atoms with Gasteiger partial charge in [0.1, 0.15) is 11.8 Å². The van der Waals surface area contributed by atoms with E-state index in [1.165, 1.54) is 11.0 Å². The highest BCUT2D eigenvalue weighted by Crippen LogP contribution is 2.38. The molecule has 1 heterocycles. The number of fused-ring (bicyclic) bond motifs is 2. The first-order valence-electron chi connectivity index (χ1n) is 13.7. The second kappa shape index (κ2) is 13.9. The quantitative estimate of drug-likeness (QED) is 0.279. The maximum atomic E-state index is 14.4. The van der Waals surface area contributed by atoms with Crippen molar-refractivity contribution in [2.75, 3.05) is 30.5 Å². The van der Waals surface area contributed by atoms with Crippen LogP contribution in [0.4, 0.5) is 11.4 Å². The smallest absolute Gasteiger partial charge is 0.258 e. The lowest BCUT2D eigenvalue weighted by Gasteiger charge is -2.27. The first-order valence-corrected chi connectivity index (χ1v) is 14.5. The Morgan fingerprint density at radius 3 is 2.52 bits per heavy atom. The number of benzene rings is 4. The number of nitrogens with zero attached hydrogens (tertiary/aromatic N) is 3. The summed E-state index contributed by atoms with van der Waals surface area (Å²) in [6.45, 7) is 1.71. The van der Waals surface area contributed by atoms with Gasteiger partial charge in [-0.3, -0.25) is 14.4 Å². The summed E-state index contributed by atoms with van der Waals surface area (Å²) in [5.74, 6) is -0.540. The highest BCUT2D eigenvalue weighted by Gasteiger charge is 2.38. The molecule has 0 fully saturated rings. The summed E-state index contributed by atoms with van der Waals surface area (Å²) in [4.78, 5) is 44.6. The minimum absolute atomic E-state index is 0. The normalized spacial score (nSPS) is 15.0. The Kier molecular flexibility index (Phi) is 10.3. The van der Waals surface area contributed by atoms with Crippen LogP contribution in [-0.2, 0) is 16.1 Å². The Bertz CT molecular complexity index is 1780. The molecule has 1 aliphatic rings. The maximum absolute atomic E-state index is 14.4. The van der Waals surface area contributed by atoms with Crippen molar-refractivity contribution in [3.05, 3.63) is 100 Å². The van der Waals surface area contributed by atoms with Gasteiger partial charge in [0.05, 0.1) is 49.2 Å². The number of halogens is 2. The number of para-hydroxylation sites is 2. The molecule has 226 valence electrons. The molecule has 44 heavy (non-hydrogen) atoms. The molecule has 0 unspecified atom stereocenters. The molecule has 0 aromatic heterocycles. The fourth-order valence-corrected chi connectivity index (χ4v) is 5.59. The number of rotatable bonds is 7. The Hall–Kier alpha value is -4.43. The summed E-state index contributed by atoms with van der Waals surface area (Å²) in [6.07, 6.45) is 0. The first kappa shape index (κ1) is 32.5. The Labute approximate surface area is 270 Å². The molecular weight excluding hydrogens is 646 g/mol. The van der Waals surface area contributed by atoms with Crippen LogP contribution >= 0.6 is 28.3 Å². The number of amides is 3. The van der Waals surface area contributed by atoms with Crippen molar-refractivity contribution in [3.63, 3.8) is 0 Å². The van der Waals surface area contributed by atoms with Crippen molar-refractivity contribution in [1.82, 2.24) is 10.6 Å². The Balaban J connectivity index is 0.00000442. The number of nitriles is 1. The summed E-state index contributed by atoms with van der Waals surface area (Å²) < 4.78 is 6.66. The fourth-order valence-electron chi connectivity index (χ4n) is 5.21. The highest BCUT2D eigenvalue weighted by atomic mass is 79.9. The van der Waals surface area contributed by atoms with Crippen LogP contribution in [0.5, 0.6) is 5.75 Å². The van der Waals surface area contributed by atoms with Gasteiger partial charge in [-0.15, -0.1) is 12.4 Å². The van der Waals surface area contributed by atoms with Gasteiger partial charge in [-0.1, -0.05) is 46.3 Å². The molecule has 0 aliphatic carbocycles. The van der Waals surface area contributed by atoms with E-state index in [1.807, 2.05) is 30.3 Å². The standard InChI is InChI=1S/C33H30BrN5O4.ClH/c1-20(36-2)31(40)37-27-19-39(32(41)23-8-6-7-21(15-23)17-35)29-10-5-4-9-28(29)38(33(27)42)18-26-25-13-12-24(34)16-22(25)11-14-30(26)43-3;/h4-16,20,27,36H,18-19H2,1-3H3,(H,37,40);1H/t20-,27-;/m0./s1. The molecule has 0 saturated heterocycles. The lowest BCUT2D eigenvalue weighted by molar-refractivity contribution is -0.128. The van der Waals surface area contributed by atoms with Crippen molar-refractivity contribution < 1.29 is 19.1 Å². The number of likely N-dealkylation sites (N-methyl/N-ethyl adjacent to an activating group) is 1. The van der Waals surface area contributed by atoms with Gasteiger partial charge in [0.15, 0.2) is 0 Å². The minimum atomic E-state index is -1.06. The fraction of sp³-hybridized carbons (Fsp3) is 0.212. The molecule has 9 nitrogen and oxygen atoms in total. The molecule has 2 atom stereocenters. The number of hydrogen-bond donors (Lipinski definition) is 2. The Morgan fingerprint density at radius 2 is 1.82 bits per heavy atom. The van der Waals surface area contributed by atoms with Gasteiger partial charge in [-0.2, -0.15) is 5.26 Å². The lowest BCUT2D eigenvalue weighted by Crippen LogP contribution is -2.55. The third-order valence-electron chi connectivity index (χ3n) is 7.61. The van der Waals surface area contributed by atoms with Crippen LogP contribution in [0.25, 0.3) is 10.8 Å². The molecule has 0 radical (unpaired) electrons. The number of hydrogen-bond acceptors (Lipinski definition) is 6. The predicted molar refractivity (Wildman–Crippen MR) is 176 cm³/mol. The van der Waals surface area contributed by atoms with E-state index in [4.69, 9.17) is 4.74 Å². The molecule has 0 spiro atoms. The van der Waals surface area contributed by atoms with Crippen LogP contribution in [0.1, 0.15) is 28.4 Å². The number of carbonyl (C=O) groups is 3. The number of methoxy groups -OCH3 is 1. The molecule has 0 saturated carbocycles. The maximum Gasteiger partial charge on any atom is 0.258 e. The van der Waals surface area contributed by atoms with Crippen LogP contribution in [0.15, 0.2) is 83.3 Å². The van der Waals surface area contributed by atoms with Crippen LogP contribution in [0.3, 0.4) is 0 Å². The molecular formula is C33H31BrClN5O4. The van der Waals surface area contributed by atoms with E-state index >= 15 is 0 Å². The Morgan fingerprint density at radius 1 is 1.07 bits per heavy atom. The third-order valence-corrected chi connectivity index (χ3v) is 8.10. The van der Waals surface area contributed by atoms with Crippen LogP contribution in [-0.4, -0.2) is 50.5 Å². The molecule has 5 rings (SSSR count). The lowest BCUT2D eigenvalue weighted by atomic mass is 10.0. The third kappa shape index (κ3) is 6.40. The van der Waals surface area contributed by atoms with Gasteiger partial charge >= 0.3 is 0 Å². The van der Waals surface area contributed by atoms with E-state index in [0.717, 1.165) is 20.8 Å². The summed E-state index contributed by atoms with van der Waals surface area (Å²) in [7, 11) is 3.24. The number of ether oxygens (including phenoxy) is 1. The number of carbonyl (C=O) groups excluding carboxylic acids is 3. The van der Waals surface area contributed by atoms with E-state index in [0.29, 0.717) is 28.3 Å². The second-order valence-corrected chi connectivity index (χ2v) is 11.1. The predicted octanol–water partition coefficient (Wildman–Crippen LogP) is 5.19. The molecule has 11 heteroatoms. The molecule has 4 aromatic rings. The minimum Gasteiger partial charge on any atom is -0.496 e. The van der Waals surface area contributed by atoms with Crippen molar-refractivity contribution in [3.8, 4) is 11.8 Å². The molecule has 2 N–H and O–H groups in total. The monoisotopic (exact) mass is 675 g/mol. The van der Waals surface area contributed by atoms with Gasteiger partial charge in [0, 0.05) is 15.6 Å². The highest BCUT2D eigenvalue weighted by molar-refractivity contribution is 9.10. The summed E-state index contributed by atoms with van der Waals surface area (Å²) >= 11 is 3.53. The zero-order valence-corrected chi connectivity index (χ0v) is 26.7. The largest absolute Gasteiger partial charge is 0.496 e. The van der Waals surface area contributed by atoms with E-state index in [1.54, 1.807) is 68.4 Å². The zero-order chi connectivity index (χ0) is 30.7. The summed E-state index contributed by atoms with van der Waals surface area (Å²) in [6, 6.07) is 23.7. The van der Waals surface area contributed by atoms with Crippen molar-refractivity contribution >= 4 is 68.2 Å². The summed E-state index contributed by atoms with van der Waals surface area (Å²) in [5.41, 5.74) is 2.43. The number of anilines is 2. The average Bonchev–Trinajstić information content (AvgIpc) is 3.14. The number of nitrogens with one attached hydrogen (secondary N) is 2. The SMILES string of the molecule is CN[C@@H](C)C(=O)N[C@H]1CN(C(=O)c2cccc(C#N)c2)c2ccccc2N(Cc2c(OC)ccc3cc(Br)ccc23)C1=O.Cl. The van der Waals surface area contributed by atoms with Gasteiger partial charge in [0.2, 0.25) is 5.91 Å².